The molecule has 0 aromatic carbocycles. The summed E-state index contributed by atoms with van der Waals surface area (Å²) in [4.78, 5) is 0. The molecule has 2 aliphatic rings. The zero-order valence-electron chi connectivity index (χ0n) is 10.2. The molecule has 0 saturated carbocycles. The Hall–Kier alpha value is 0.970. The first-order valence-corrected chi connectivity index (χ1v) is 9.08. The van der Waals surface area contributed by atoms with Crippen LogP contribution in [0.4, 0.5) is 0 Å². The van der Waals surface area contributed by atoms with Crippen molar-refractivity contribution in [2.75, 3.05) is 30.5 Å². The summed E-state index contributed by atoms with van der Waals surface area (Å²) in [6.07, 6.45) is 2.52. The maximum Gasteiger partial charge on any atom is 0.0733 e. The predicted molar refractivity (Wildman–Crippen MR) is 79.7 cm³/mol. The van der Waals surface area contributed by atoms with Gasteiger partial charge in [0.25, 0.3) is 0 Å². The maximum absolute atomic E-state index is 8.55. The SMILES string of the molecule is CC.OCC1CCCS1.OCC1SCCS1. The molecule has 98 valence electrons. The van der Waals surface area contributed by atoms with Crippen LogP contribution < -0.4 is 0 Å². The fourth-order valence-electron chi connectivity index (χ4n) is 1.30. The highest BCUT2D eigenvalue weighted by molar-refractivity contribution is 8.20. The first-order valence-electron chi connectivity index (χ1n) is 5.93. The van der Waals surface area contributed by atoms with Crippen molar-refractivity contribution < 1.29 is 10.2 Å². The second-order valence-electron chi connectivity index (χ2n) is 3.17. The Morgan fingerprint density at radius 1 is 0.938 bits per heavy atom. The molecular weight excluding hydrogens is 260 g/mol. The lowest BCUT2D eigenvalue weighted by atomic mass is 10.3. The van der Waals surface area contributed by atoms with Crippen LogP contribution in [-0.2, 0) is 0 Å². The van der Waals surface area contributed by atoms with Crippen LogP contribution in [-0.4, -0.2) is 50.5 Å². The lowest BCUT2D eigenvalue weighted by Gasteiger charge is -1.98. The van der Waals surface area contributed by atoms with E-state index >= 15 is 0 Å². The predicted octanol–water partition coefficient (Wildman–Crippen LogP) is 2.69. The van der Waals surface area contributed by atoms with Gasteiger partial charge in [-0.2, -0.15) is 11.8 Å². The molecule has 0 aromatic rings. The van der Waals surface area contributed by atoms with Crippen molar-refractivity contribution in [1.82, 2.24) is 0 Å². The summed E-state index contributed by atoms with van der Waals surface area (Å²) in [5, 5.41) is 17.6. The molecule has 0 aliphatic carbocycles. The quantitative estimate of drug-likeness (QED) is 0.816. The lowest BCUT2D eigenvalue weighted by molar-refractivity contribution is 0.293. The molecule has 2 saturated heterocycles. The van der Waals surface area contributed by atoms with Gasteiger partial charge < -0.3 is 10.2 Å². The van der Waals surface area contributed by atoms with Gasteiger partial charge in [-0.05, 0) is 18.6 Å². The average Bonchev–Trinajstić information content (AvgIpc) is 3.05. The van der Waals surface area contributed by atoms with E-state index in [1.165, 1.54) is 30.1 Å². The number of aliphatic hydroxyl groups is 2. The van der Waals surface area contributed by atoms with Crippen LogP contribution in [0.2, 0.25) is 0 Å². The first-order chi connectivity index (χ1) is 7.86. The minimum atomic E-state index is 0.343. The van der Waals surface area contributed by atoms with E-state index < -0.39 is 0 Å². The van der Waals surface area contributed by atoms with Crippen LogP contribution in [0.15, 0.2) is 0 Å². The summed E-state index contributed by atoms with van der Waals surface area (Å²) in [5.74, 6) is 3.69. The average molecular weight is 285 g/mol. The Bertz CT molecular complexity index is 119. The van der Waals surface area contributed by atoms with Crippen LogP contribution >= 0.6 is 35.3 Å². The van der Waals surface area contributed by atoms with Crippen molar-refractivity contribution in [3.8, 4) is 0 Å². The van der Waals surface area contributed by atoms with Gasteiger partial charge >= 0.3 is 0 Å². The standard InChI is InChI=1S/C5H10OS.C4H8OS2.C2H6/c6-4-5-2-1-3-7-5;5-3-4-6-1-2-7-4;1-2/h5-6H,1-4H2;4-5H,1-3H2;1-2H3. The second-order valence-corrected chi connectivity index (χ2v) is 7.50. The van der Waals surface area contributed by atoms with Gasteiger partial charge in [-0.3, -0.25) is 0 Å². The molecule has 0 aromatic heterocycles. The normalized spacial score (nSPS) is 24.4. The van der Waals surface area contributed by atoms with E-state index in [0.717, 1.165) is 0 Å². The summed E-state index contributed by atoms with van der Waals surface area (Å²) >= 11 is 5.60. The first kappa shape index (κ1) is 17.0. The molecule has 2 fully saturated rings. The fourth-order valence-corrected chi connectivity index (χ4v) is 4.88. The van der Waals surface area contributed by atoms with Crippen molar-refractivity contribution in [3.63, 3.8) is 0 Å². The zero-order chi connectivity index (χ0) is 12.2. The van der Waals surface area contributed by atoms with Gasteiger partial charge in [0, 0.05) is 16.8 Å². The number of rotatable bonds is 2. The molecule has 0 amide bonds. The maximum atomic E-state index is 8.55. The highest BCUT2D eigenvalue weighted by Crippen LogP contribution is 2.30. The van der Waals surface area contributed by atoms with E-state index in [9.17, 15) is 0 Å². The number of hydrogen-bond acceptors (Lipinski definition) is 5. The van der Waals surface area contributed by atoms with Crippen molar-refractivity contribution in [1.29, 1.82) is 0 Å². The summed E-state index contributed by atoms with van der Waals surface area (Å²) in [6.45, 7) is 4.72. The topological polar surface area (TPSA) is 40.5 Å². The Kier molecular flexibility index (Phi) is 13.2. The molecular formula is C11H24O2S3. The number of aliphatic hydroxyl groups excluding tert-OH is 2. The second kappa shape index (κ2) is 12.4. The molecule has 0 radical (unpaired) electrons. The molecule has 0 bridgehead atoms. The van der Waals surface area contributed by atoms with Crippen LogP contribution in [0.3, 0.4) is 0 Å². The Morgan fingerprint density at radius 3 is 1.81 bits per heavy atom. The van der Waals surface area contributed by atoms with Gasteiger partial charge in [0.2, 0.25) is 0 Å². The molecule has 2 N–H and O–H groups in total. The van der Waals surface area contributed by atoms with Crippen LogP contribution in [0.1, 0.15) is 26.7 Å². The van der Waals surface area contributed by atoms with Crippen LogP contribution in [0.5, 0.6) is 0 Å². The van der Waals surface area contributed by atoms with E-state index in [0.29, 0.717) is 23.0 Å². The molecule has 0 spiro atoms. The van der Waals surface area contributed by atoms with Gasteiger partial charge in [-0.15, -0.1) is 23.5 Å². The third-order valence-electron chi connectivity index (χ3n) is 2.07. The number of thioether (sulfide) groups is 3. The minimum absolute atomic E-state index is 0.343. The molecule has 2 heterocycles. The summed E-state index contributed by atoms with van der Waals surface area (Å²) in [6, 6.07) is 0. The lowest BCUT2D eigenvalue weighted by Crippen LogP contribution is -2.01. The fraction of sp³-hybridized carbons (Fsp3) is 1.00. The highest BCUT2D eigenvalue weighted by atomic mass is 32.2. The molecule has 1 atom stereocenters. The monoisotopic (exact) mass is 284 g/mol. The van der Waals surface area contributed by atoms with E-state index in [1.807, 2.05) is 49.1 Å². The van der Waals surface area contributed by atoms with Gasteiger partial charge in [0.15, 0.2) is 0 Å². The third kappa shape index (κ3) is 8.12. The van der Waals surface area contributed by atoms with E-state index in [4.69, 9.17) is 10.2 Å². The van der Waals surface area contributed by atoms with Gasteiger partial charge in [-0.25, -0.2) is 0 Å². The Morgan fingerprint density at radius 2 is 1.56 bits per heavy atom. The molecule has 16 heavy (non-hydrogen) atoms. The van der Waals surface area contributed by atoms with Crippen molar-refractivity contribution in [3.05, 3.63) is 0 Å². The van der Waals surface area contributed by atoms with Crippen molar-refractivity contribution in [2.24, 2.45) is 0 Å². The Balaban J connectivity index is 0.000000244. The third-order valence-corrected chi connectivity index (χ3v) is 6.44. The molecule has 2 nitrogen and oxygen atoms in total. The molecule has 2 rings (SSSR count). The minimum Gasteiger partial charge on any atom is -0.395 e. The largest absolute Gasteiger partial charge is 0.395 e. The van der Waals surface area contributed by atoms with Crippen LogP contribution in [0.25, 0.3) is 0 Å². The summed E-state index contributed by atoms with van der Waals surface area (Å²) < 4.78 is 0.486. The number of hydrogen-bond donors (Lipinski definition) is 2. The van der Waals surface area contributed by atoms with Crippen molar-refractivity contribution >= 4 is 35.3 Å². The molecule has 2 aliphatic heterocycles. The van der Waals surface area contributed by atoms with E-state index in [1.54, 1.807) is 0 Å². The smallest absolute Gasteiger partial charge is 0.0733 e. The Labute approximate surface area is 112 Å². The zero-order valence-corrected chi connectivity index (χ0v) is 12.7. The van der Waals surface area contributed by atoms with Crippen LogP contribution in [0, 0.1) is 0 Å². The van der Waals surface area contributed by atoms with E-state index in [2.05, 4.69) is 0 Å². The molecule has 1 unspecified atom stereocenters. The van der Waals surface area contributed by atoms with Crippen molar-refractivity contribution in [2.45, 2.75) is 36.5 Å². The molecule has 5 heteroatoms. The summed E-state index contributed by atoms with van der Waals surface area (Å²) in [7, 11) is 0. The summed E-state index contributed by atoms with van der Waals surface area (Å²) in [5.41, 5.74) is 0. The van der Waals surface area contributed by atoms with Gasteiger partial charge in [0.1, 0.15) is 0 Å². The van der Waals surface area contributed by atoms with Gasteiger partial charge in [-0.1, -0.05) is 13.8 Å². The highest BCUT2D eigenvalue weighted by Gasteiger charge is 2.13. The van der Waals surface area contributed by atoms with E-state index in [-0.39, 0.29) is 0 Å². The van der Waals surface area contributed by atoms with Gasteiger partial charge in [0.05, 0.1) is 17.8 Å².